The lowest BCUT2D eigenvalue weighted by Gasteiger charge is -2.38. The number of nitrogens with zero attached hydrogens (tertiary/aromatic N) is 2. The van der Waals surface area contributed by atoms with Gasteiger partial charge in [0, 0.05) is 37.6 Å². The van der Waals surface area contributed by atoms with Crippen molar-refractivity contribution in [2.75, 3.05) is 26.2 Å². The maximum Gasteiger partial charge on any atom is 0.239 e. The molecule has 0 radical (unpaired) electrons. The fraction of sp³-hybridized carbons (Fsp3) is 0.353. The highest BCUT2D eigenvalue weighted by molar-refractivity contribution is 9.11. The zero-order valence-corrected chi connectivity index (χ0v) is 15.2. The summed E-state index contributed by atoms with van der Waals surface area (Å²) in [6.45, 7) is 4.58. The highest BCUT2D eigenvalue weighted by Crippen LogP contribution is 2.25. The van der Waals surface area contributed by atoms with E-state index >= 15 is 0 Å². The van der Waals surface area contributed by atoms with Gasteiger partial charge in [0.1, 0.15) is 6.04 Å². The van der Waals surface area contributed by atoms with Crippen molar-refractivity contribution in [2.24, 2.45) is 5.73 Å². The average Bonchev–Trinajstić information content (AvgIpc) is 2.95. The average molecular weight is 394 g/mol. The second kappa shape index (κ2) is 7.57. The van der Waals surface area contributed by atoms with Crippen molar-refractivity contribution < 1.29 is 4.79 Å². The van der Waals surface area contributed by atoms with Gasteiger partial charge >= 0.3 is 0 Å². The number of thiophene rings is 1. The monoisotopic (exact) mass is 393 g/mol. The smallest absolute Gasteiger partial charge is 0.239 e. The van der Waals surface area contributed by atoms with Crippen LogP contribution in [0.1, 0.15) is 16.5 Å². The Labute approximate surface area is 149 Å². The quantitative estimate of drug-likeness (QED) is 0.849. The number of primary amides is 1. The Morgan fingerprint density at radius 3 is 2.39 bits per heavy atom. The van der Waals surface area contributed by atoms with Gasteiger partial charge in [0.05, 0.1) is 3.79 Å². The van der Waals surface area contributed by atoms with E-state index in [1.807, 2.05) is 30.3 Å². The van der Waals surface area contributed by atoms with Crippen molar-refractivity contribution in [1.29, 1.82) is 0 Å². The molecule has 3 rings (SSSR count). The predicted octanol–water partition coefficient (Wildman–Crippen LogP) is 2.85. The van der Waals surface area contributed by atoms with Gasteiger partial charge in [0.2, 0.25) is 5.91 Å². The van der Waals surface area contributed by atoms with E-state index in [2.05, 4.69) is 37.9 Å². The Morgan fingerprint density at radius 2 is 1.83 bits per heavy atom. The van der Waals surface area contributed by atoms with Crippen LogP contribution in [0.4, 0.5) is 0 Å². The first kappa shape index (κ1) is 16.6. The lowest BCUT2D eigenvalue weighted by atomic mass is 10.0. The van der Waals surface area contributed by atoms with E-state index in [-0.39, 0.29) is 11.9 Å². The minimum Gasteiger partial charge on any atom is -0.368 e. The molecule has 2 N–H and O–H groups in total. The number of nitrogens with two attached hydrogens (primary N) is 1. The SMILES string of the molecule is NC(=O)C(c1ccccc1)N1CCN(Cc2ccc(Br)s2)CC1. The number of benzene rings is 1. The largest absolute Gasteiger partial charge is 0.368 e. The minimum atomic E-state index is -0.325. The van der Waals surface area contributed by atoms with Gasteiger partial charge in [-0.2, -0.15) is 0 Å². The van der Waals surface area contributed by atoms with E-state index in [1.165, 1.54) is 8.66 Å². The van der Waals surface area contributed by atoms with Crippen LogP contribution < -0.4 is 5.73 Å². The summed E-state index contributed by atoms with van der Waals surface area (Å²) in [6, 6.07) is 13.8. The molecule has 1 aromatic carbocycles. The lowest BCUT2D eigenvalue weighted by molar-refractivity contribution is -0.124. The summed E-state index contributed by atoms with van der Waals surface area (Å²) in [5.74, 6) is -0.271. The summed E-state index contributed by atoms with van der Waals surface area (Å²) in [4.78, 5) is 17.9. The molecule has 0 spiro atoms. The van der Waals surface area contributed by atoms with Crippen LogP contribution in [0, 0.1) is 0 Å². The van der Waals surface area contributed by atoms with Crippen LogP contribution in [-0.4, -0.2) is 41.9 Å². The zero-order chi connectivity index (χ0) is 16.2. The zero-order valence-electron chi connectivity index (χ0n) is 12.8. The molecular formula is C17H20BrN3OS. The van der Waals surface area contributed by atoms with Crippen molar-refractivity contribution in [3.63, 3.8) is 0 Å². The third-order valence-electron chi connectivity index (χ3n) is 4.17. The molecule has 0 bridgehead atoms. The van der Waals surface area contributed by atoms with E-state index < -0.39 is 0 Å². The maximum atomic E-state index is 11.9. The molecular weight excluding hydrogens is 374 g/mol. The molecule has 1 aliphatic rings. The molecule has 0 aliphatic carbocycles. The number of piperazine rings is 1. The van der Waals surface area contributed by atoms with E-state index in [0.29, 0.717) is 0 Å². The Balaban J connectivity index is 1.61. The normalized spacial score (nSPS) is 18.0. The number of hydrogen-bond acceptors (Lipinski definition) is 4. The van der Waals surface area contributed by atoms with Crippen LogP contribution in [-0.2, 0) is 11.3 Å². The van der Waals surface area contributed by atoms with Crippen molar-refractivity contribution in [1.82, 2.24) is 9.80 Å². The van der Waals surface area contributed by atoms with Crippen LogP contribution >= 0.6 is 27.3 Å². The minimum absolute atomic E-state index is 0.271. The summed E-state index contributed by atoms with van der Waals surface area (Å²) >= 11 is 5.29. The molecule has 23 heavy (non-hydrogen) atoms. The van der Waals surface area contributed by atoms with Gasteiger partial charge in [-0.15, -0.1) is 11.3 Å². The van der Waals surface area contributed by atoms with E-state index in [1.54, 1.807) is 11.3 Å². The van der Waals surface area contributed by atoms with Crippen LogP contribution in [0.25, 0.3) is 0 Å². The highest BCUT2D eigenvalue weighted by atomic mass is 79.9. The number of amides is 1. The Bertz CT molecular complexity index is 653. The third-order valence-corrected chi connectivity index (χ3v) is 5.77. The van der Waals surface area contributed by atoms with Crippen LogP contribution in [0.3, 0.4) is 0 Å². The van der Waals surface area contributed by atoms with E-state index in [4.69, 9.17) is 5.73 Å². The van der Waals surface area contributed by atoms with E-state index in [9.17, 15) is 4.79 Å². The van der Waals surface area contributed by atoms with E-state index in [0.717, 1.165) is 38.3 Å². The third kappa shape index (κ3) is 4.20. The van der Waals surface area contributed by atoms with Crippen molar-refractivity contribution in [2.45, 2.75) is 12.6 Å². The maximum absolute atomic E-state index is 11.9. The summed E-state index contributed by atoms with van der Waals surface area (Å²) in [5, 5.41) is 0. The molecule has 1 unspecified atom stereocenters. The predicted molar refractivity (Wildman–Crippen MR) is 97.2 cm³/mol. The van der Waals surface area contributed by atoms with Gasteiger partial charge in [-0.25, -0.2) is 0 Å². The summed E-state index contributed by atoms with van der Waals surface area (Å²) in [7, 11) is 0. The molecule has 0 saturated carbocycles. The molecule has 2 heterocycles. The topological polar surface area (TPSA) is 49.6 Å². The molecule has 1 amide bonds. The van der Waals surface area contributed by atoms with Gasteiger partial charge in [-0.1, -0.05) is 30.3 Å². The summed E-state index contributed by atoms with van der Waals surface area (Å²) in [6.07, 6.45) is 0. The Hall–Kier alpha value is -1.21. The molecule has 1 aromatic heterocycles. The summed E-state index contributed by atoms with van der Waals surface area (Å²) in [5.41, 5.74) is 6.64. The van der Waals surface area contributed by atoms with Crippen LogP contribution in [0.2, 0.25) is 0 Å². The standard InChI is InChI=1S/C17H20BrN3OS/c18-15-7-6-14(23-15)12-20-8-10-21(11-9-20)16(17(19)22)13-4-2-1-3-5-13/h1-7,16H,8-12H2,(H2,19,22). The molecule has 6 heteroatoms. The molecule has 1 atom stereocenters. The fourth-order valence-electron chi connectivity index (χ4n) is 3.03. The molecule has 4 nitrogen and oxygen atoms in total. The molecule has 2 aromatic rings. The number of rotatable bonds is 5. The Kier molecular flexibility index (Phi) is 5.48. The van der Waals surface area contributed by atoms with Gasteiger partial charge < -0.3 is 5.73 Å². The second-order valence-electron chi connectivity index (χ2n) is 5.73. The molecule has 122 valence electrons. The summed E-state index contributed by atoms with van der Waals surface area (Å²) < 4.78 is 1.17. The highest BCUT2D eigenvalue weighted by Gasteiger charge is 2.28. The van der Waals surface area contributed by atoms with Gasteiger partial charge in [-0.3, -0.25) is 14.6 Å². The van der Waals surface area contributed by atoms with Gasteiger partial charge in [0.15, 0.2) is 0 Å². The second-order valence-corrected chi connectivity index (χ2v) is 8.28. The first-order valence-corrected chi connectivity index (χ1v) is 9.29. The number of hydrogen-bond donors (Lipinski definition) is 1. The first-order valence-electron chi connectivity index (χ1n) is 7.68. The van der Waals surface area contributed by atoms with Crippen molar-refractivity contribution in [3.05, 3.63) is 56.7 Å². The van der Waals surface area contributed by atoms with Crippen LogP contribution in [0.15, 0.2) is 46.3 Å². The molecule has 1 saturated heterocycles. The number of halogens is 1. The van der Waals surface area contributed by atoms with Crippen molar-refractivity contribution >= 4 is 33.2 Å². The lowest BCUT2D eigenvalue weighted by Crippen LogP contribution is -2.49. The molecule has 1 aliphatic heterocycles. The van der Waals surface area contributed by atoms with Gasteiger partial charge in [0.25, 0.3) is 0 Å². The first-order chi connectivity index (χ1) is 11.1. The van der Waals surface area contributed by atoms with Crippen molar-refractivity contribution in [3.8, 4) is 0 Å². The number of carbonyl (C=O) groups excluding carboxylic acids is 1. The fourth-order valence-corrected chi connectivity index (χ4v) is 4.55. The number of carbonyl (C=O) groups is 1. The molecule has 1 fully saturated rings. The Morgan fingerprint density at radius 1 is 1.13 bits per heavy atom. The van der Waals surface area contributed by atoms with Gasteiger partial charge in [-0.05, 0) is 33.6 Å². The van der Waals surface area contributed by atoms with Crippen LogP contribution in [0.5, 0.6) is 0 Å².